The molecule has 90 valence electrons. The number of carbonyl (C=O) groups is 1. The third-order valence-electron chi connectivity index (χ3n) is 2.43. The van der Waals surface area contributed by atoms with Crippen LogP contribution < -0.4 is 11.1 Å². The number of hydrogen-bond donors (Lipinski definition) is 2. The molecule has 0 spiro atoms. The van der Waals surface area contributed by atoms with E-state index in [1.807, 2.05) is 6.92 Å². The van der Waals surface area contributed by atoms with Crippen LogP contribution in [-0.2, 0) is 0 Å². The van der Waals surface area contributed by atoms with Crippen LogP contribution in [-0.4, -0.2) is 12.5 Å². The summed E-state index contributed by atoms with van der Waals surface area (Å²) in [5, 5.41) is 3.37. The van der Waals surface area contributed by atoms with Gasteiger partial charge in [0.05, 0.1) is 5.69 Å². The zero-order valence-corrected chi connectivity index (χ0v) is 10.2. The van der Waals surface area contributed by atoms with Crippen LogP contribution in [0.15, 0.2) is 18.2 Å². The average molecular weight is 252 g/mol. The molecule has 1 amide bonds. The Hall–Kier alpha value is -1.62. The first-order valence-electron chi connectivity index (χ1n) is 5.39. The molecule has 17 heavy (non-hydrogen) atoms. The number of benzene rings is 1. The molecule has 0 bridgehead atoms. The van der Waals surface area contributed by atoms with Crippen molar-refractivity contribution in [2.45, 2.75) is 13.3 Å². The van der Waals surface area contributed by atoms with Gasteiger partial charge < -0.3 is 11.1 Å². The molecule has 0 unspecified atom stereocenters. The van der Waals surface area contributed by atoms with Gasteiger partial charge in [-0.2, -0.15) is 0 Å². The molecule has 0 atom stereocenters. The van der Waals surface area contributed by atoms with Crippen molar-refractivity contribution >= 4 is 33.0 Å². The quantitative estimate of drug-likeness (QED) is 0.882. The number of nitrogens with one attached hydrogen (secondary N) is 1. The molecule has 2 rings (SSSR count). The van der Waals surface area contributed by atoms with Crippen molar-refractivity contribution in [1.29, 1.82) is 0 Å². The molecule has 0 fully saturated rings. The summed E-state index contributed by atoms with van der Waals surface area (Å²) in [5.74, 6) is -0.534. The lowest BCUT2D eigenvalue weighted by Crippen LogP contribution is -2.23. The fourth-order valence-corrected chi connectivity index (χ4v) is 2.60. The van der Waals surface area contributed by atoms with Crippen molar-refractivity contribution in [3.05, 3.63) is 28.9 Å². The van der Waals surface area contributed by atoms with E-state index in [-0.39, 0.29) is 11.7 Å². The number of amides is 1. The summed E-state index contributed by atoms with van der Waals surface area (Å²) in [4.78, 5) is 12.3. The zero-order chi connectivity index (χ0) is 12.4. The molecular weight excluding hydrogens is 239 g/mol. The van der Waals surface area contributed by atoms with E-state index in [0.717, 1.165) is 11.1 Å². The number of hydrogen-bond acceptors (Lipinski definition) is 3. The Labute approximate surface area is 102 Å². The number of fused-ring (bicyclic) bond motifs is 1. The SMILES string of the molecule is CCCNC(=O)c1sc2ccc(F)cc2c1N. The van der Waals surface area contributed by atoms with E-state index in [2.05, 4.69) is 5.32 Å². The van der Waals surface area contributed by atoms with Gasteiger partial charge in [-0.1, -0.05) is 6.92 Å². The van der Waals surface area contributed by atoms with Crippen molar-refractivity contribution in [3.8, 4) is 0 Å². The van der Waals surface area contributed by atoms with E-state index in [9.17, 15) is 9.18 Å². The maximum Gasteiger partial charge on any atom is 0.263 e. The zero-order valence-electron chi connectivity index (χ0n) is 9.42. The molecule has 0 radical (unpaired) electrons. The second-order valence-electron chi connectivity index (χ2n) is 3.74. The van der Waals surface area contributed by atoms with Crippen LogP contribution in [0.25, 0.3) is 10.1 Å². The molecule has 1 aromatic heterocycles. The van der Waals surface area contributed by atoms with E-state index in [4.69, 9.17) is 5.73 Å². The van der Waals surface area contributed by atoms with Gasteiger partial charge in [0.15, 0.2) is 0 Å². The van der Waals surface area contributed by atoms with E-state index < -0.39 is 0 Å². The largest absolute Gasteiger partial charge is 0.397 e. The first-order valence-corrected chi connectivity index (χ1v) is 6.21. The first-order chi connectivity index (χ1) is 8.13. The van der Waals surface area contributed by atoms with Crippen LogP contribution in [0, 0.1) is 5.82 Å². The highest BCUT2D eigenvalue weighted by Gasteiger charge is 2.16. The van der Waals surface area contributed by atoms with Gasteiger partial charge in [0.2, 0.25) is 0 Å². The fourth-order valence-electron chi connectivity index (χ4n) is 1.58. The summed E-state index contributed by atoms with van der Waals surface area (Å²) in [6.45, 7) is 2.59. The highest BCUT2D eigenvalue weighted by Crippen LogP contribution is 2.33. The maximum atomic E-state index is 13.1. The Balaban J connectivity index is 2.42. The summed E-state index contributed by atoms with van der Waals surface area (Å²) < 4.78 is 13.9. The summed E-state index contributed by atoms with van der Waals surface area (Å²) in [5.41, 5.74) is 6.22. The van der Waals surface area contributed by atoms with Crippen LogP contribution >= 0.6 is 11.3 Å². The number of nitrogen functional groups attached to an aromatic ring is 1. The van der Waals surface area contributed by atoms with Gasteiger partial charge in [0.25, 0.3) is 5.91 Å². The molecular formula is C12H13FN2OS. The number of thiophene rings is 1. The second kappa shape index (κ2) is 4.71. The third kappa shape index (κ3) is 2.24. The topological polar surface area (TPSA) is 55.1 Å². The average Bonchev–Trinajstić information content (AvgIpc) is 2.64. The molecule has 3 nitrogen and oxygen atoms in total. The predicted molar refractivity (Wildman–Crippen MR) is 68.8 cm³/mol. The van der Waals surface area contributed by atoms with Crippen LogP contribution in [0.5, 0.6) is 0 Å². The summed E-state index contributed by atoms with van der Waals surface area (Å²) in [6, 6.07) is 4.37. The Morgan fingerprint density at radius 1 is 1.53 bits per heavy atom. The van der Waals surface area contributed by atoms with Crippen molar-refractivity contribution < 1.29 is 9.18 Å². The number of anilines is 1. The van der Waals surface area contributed by atoms with Crippen LogP contribution in [0.1, 0.15) is 23.0 Å². The number of nitrogens with two attached hydrogens (primary N) is 1. The highest BCUT2D eigenvalue weighted by atomic mass is 32.1. The fraction of sp³-hybridized carbons (Fsp3) is 0.250. The van der Waals surface area contributed by atoms with E-state index in [0.29, 0.717) is 22.5 Å². The molecule has 1 aromatic carbocycles. The number of rotatable bonds is 3. The molecule has 0 aliphatic rings. The van der Waals surface area contributed by atoms with Crippen molar-refractivity contribution in [2.75, 3.05) is 12.3 Å². The number of halogens is 1. The molecule has 5 heteroatoms. The molecule has 1 heterocycles. The van der Waals surface area contributed by atoms with Crippen molar-refractivity contribution in [3.63, 3.8) is 0 Å². The van der Waals surface area contributed by atoms with Crippen LogP contribution in [0.3, 0.4) is 0 Å². The lowest BCUT2D eigenvalue weighted by atomic mass is 10.2. The van der Waals surface area contributed by atoms with E-state index >= 15 is 0 Å². The Morgan fingerprint density at radius 2 is 2.29 bits per heavy atom. The molecule has 0 saturated heterocycles. The van der Waals surface area contributed by atoms with E-state index in [1.165, 1.54) is 23.5 Å². The van der Waals surface area contributed by atoms with Crippen molar-refractivity contribution in [2.24, 2.45) is 0 Å². The normalized spacial score (nSPS) is 10.7. The predicted octanol–water partition coefficient (Wildman–Crippen LogP) is 2.76. The van der Waals surface area contributed by atoms with Gasteiger partial charge in [0.1, 0.15) is 10.7 Å². The highest BCUT2D eigenvalue weighted by molar-refractivity contribution is 7.21. The van der Waals surface area contributed by atoms with Crippen LogP contribution in [0.2, 0.25) is 0 Å². The summed E-state index contributed by atoms with van der Waals surface area (Å²) in [6.07, 6.45) is 0.866. The summed E-state index contributed by atoms with van der Waals surface area (Å²) >= 11 is 1.29. The lowest BCUT2D eigenvalue weighted by molar-refractivity contribution is 0.0958. The molecule has 0 aliphatic carbocycles. The molecule has 2 aromatic rings. The van der Waals surface area contributed by atoms with Crippen LogP contribution in [0.4, 0.5) is 10.1 Å². The standard InChI is InChI=1S/C12H13FN2OS/c1-2-5-15-12(16)11-10(14)8-6-7(13)3-4-9(8)17-11/h3-4,6H,2,5,14H2,1H3,(H,15,16). The Kier molecular flexibility index (Phi) is 3.28. The van der Waals surface area contributed by atoms with Gasteiger partial charge in [0, 0.05) is 16.6 Å². The molecule has 0 aliphatic heterocycles. The van der Waals surface area contributed by atoms with Gasteiger partial charge >= 0.3 is 0 Å². The second-order valence-corrected chi connectivity index (χ2v) is 4.79. The van der Waals surface area contributed by atoms with Gasteiger partial charge in [-0.05, 0) is 24.6 Å². The minimum Gasteiger partial charge on any atom is -0.397 e. The van der Waals surface area contributed by atoms with Gasteiger partial charge in [-0.15, -0.1) is 11.3 Å². The minimum atomic E-state index is -0.345. The first kappa shape index (κ1) is 11.9. The van der Waals surface area contributed by atoms with Crippen molar-refractivity contribution in [1.82, 2.24) is 5.32 Å². The molecule has 3 N–H and O–H groups in total. The smallest absolute Gasteiger partial charge is 0.263 e. The van der Waals surface area contributed by atoms with E-state index in [1.54, 1.807) is 6.07 Å². The lowest BCUT2D eigenvalue weighted by Gasteiger charge is -2.01. The maximum absolute atomic E-state index is 13.1. The van der Waals surface area contributed by atoms with Gasteiger partial charge in [-0.3, -0.25) is 4.79 Å². The monoisotopic (exact) mass is 252 g/mol. The van der Waals surface area contributed by atoms with Gasteiger partial charge in [-0.25, -0.2) is 4.39 Å². The number of carbonyl (C=O) groups excluding carboxylic acids is 1. The third-order valence-corrected chi connectivity index (χ3v) is 3.62. The Bertz CT molecular complexity index is 565. The minimum absolute atomic E-state index is 0.189. The summed E-state index contributed by atoms with van der Waals surface area (Å²) in [7, 11) is 0. The molecule has 0 saturated carbocycles. The Morgan fingerprint density at radius 3 is 3.00 bits per heavy atom.